The molecule has 1 unspecified atom stereocenters. The molecule has 0 saturated heterocycles. The van der Waals surface area contributed by atoms with Gasteiger partial charge in [-0.25, -0.2) is 4.79 Å². The standard InChI is InChI=1S/C15H27NO3/c1-10(2)9-13(15(18)19-4)16-14(17)12-7-5-11(3)6-8-12/h10-13H,5-9H2,1-4H3,(H,16,17). The predicted octanol–water partition coefficient (Wildman–Crippen LogP) is 2.52. The van der Waals surface area contributed by atoms with Gasteiger partial charge in [-0.15, -0.1) is 0 Å². The highest BCUT2D eigenvalue weighted by Gasteiger charge is 2.28. The Labute approximate surface area is 116 Å². The van der Waals surface area contributed by atoms with Gasteiger partial charge in [-0.1, -0.05) is 20.8 Å². The summed E-state index contributed by atoms with van der Waals surface area (Å²) < 4.78 is 4.76. The Morgan fingerprint density at radius 1 is 1.21 bits per heavy atom. The quantitative estimate of drug-likeness (QED) is 0.780. The summed E-state index contributed by atoms with van der Waals surface area (Å²) in [6.45, 7) is 6.29. The van der Waals surface area contributed by atoms with E-state index in [1.165, 1.54) is 7.11 Å². The summed E-state index contributed by atoms with van der Waals surface area (Å²) in [5.41, 5.74) is 0. The van der Waals surface area contributed by atoms with Crippen molar-refractivity contribution in [3.05, 3.63) is 0 Å². The lowest BCUT2D eigenvalue weighted by Gasteiger charge is -2.27. The molecule has 1 atom stereocenters. The van der Waals surface area contributed by atoms with Gasteiger partial charge in [0.25, 0.3) is 0 Å². The molecule has 0 aliphatic heterocycles. The van der Waals surface area contributed by atoms with Crippen LogP contribution in [-0.2, 0) is 14.3 Å². The van der Waals surface area contributed by atoms with Crippen molar-refractivity contribution in [3.63, 3.8) is 0 Å². The molecule has 1 rings (SSSR count). The van der Waals surface area contributed by atoms with Gasteiger partial charge in [0.05, 0.1) is 7.11 Å². The summed E-state index contributed by atoms with van der Waals surface area (Å²) in [6.07, 6.45) is 4.70. The zero-order valence-electron chi connectivity index (χ0n) is 12.6. The molecule has 0 aromatic carbocycles. The molecule has 19 heavy (non-hydrogen) atoms. The van der Waals surface area contributed by atoms with Gasteiger partial charge in [0.2, 0.25) is 5.91 Å². The van der Waals surface area contributed by atoms with Crippen molar-refractivity contribution in [2.45, 2.75) is 58.9 Å². The maximum atomic E-state index is 12.2. The first-order chi connectivity index (χ1) is 8.93. The van der Waals surface area contributed by atoms with Crippen LogP contribution in [0.3, 0.4) is 0 Å². The van der Waals surface area contributed by atoms with Gasteiger partial charge in [-0.2, -0.15) is 0 Å². The number of carbonyl (C=O) groups is 2. The lowest BCUT2D eigenvalue weighted by Crippen LogP contribution is -2.45. The number of hydrogen-bond donors (Lipinski definition) is 1. The molecule has 0 spiro atoms. The van der Waals surface area contributed by atoms with Crippen molar-refractivity contribution < 1.29 is 14.3 Å². The van der Waals surface area contributed by atoms with Crippen molar-refractivity contribution in [3.8, 4) is 0 Å². The Balaban J connectivity index is 2.53. The van der Waals surface area contributed by atoms with Crippen LogP contribution >= 0.6 is 0 Å². The number of ether oxygens (including phenoxy) is 1. The number of esters is 1. The fraction of sp³-hybridized carbons (Fsp3) is 0.867. The second kappa shape index (κ2) is 7.51. The maximum Gasteiger partial charge on any atom is 0.328 e. The molecule has 1 fully saturated rings. The third-order valence-corrected chi connectivity index (χ3v) is 3.90. The molecule has 4 heteroatoms. The summed E-state index contributed by atoms with van der Waals surface area (Å²) in [5.74, 6) is 0.802. The molecule has 0 aromatic heterocycles. The first-order valence-corrected chi connectivity index (χ1v) is 7.32. The normalized spacial score (nSPS) is 24.9. The Morgan fingerprint density at radius 2 is 1.79 bits per heavy atom. The van der Waals surface area contributed by atoms with E-state index in [0.29, 0.717) is 12.3 Å². The zero-order chi connectivity index (χ0) is 14.4. The third-order valence-electron chi connectivity index (χ3n) is 3.90. The largest absolute Gasteiger partial charge is 0.467 e. The van der Waals surface area contributed by atoms with E-state index < -0.39 is 6.04 Å². The average molecular weight is 269 g/mol. The highest BCUT2D eigenvalue weighted by Crippen LogP contribution is 2.28. The zero-order valence-corrected chi connectivity index (χ0v) is 12.6. The topological polar surface area (TPSA) is 55.4 Å². The Kier molecular flexibility index (Phi) is 6.32. The van der Waals surface area contributed by atoms with E-state index in [1.54, 1.807) is 0 Å². The molecule has 1 amide bonds. The maximum absolute atomic E-state index is 12.2. The second-order valence-electron chi connectivity index (χ2n) is 6.17. The molecule has 1 N–H and O–H groups in total. The van der Waals surface area contributed by atoms with Crippen LogP contribution in [-0.4, -0.2) is 25.0 Å². The molecule has 4 nitrogen and oxygen atoms in total. The number of carbonyl (C=O) groups excluding carboxylic acids is 2. The fourth-order valence-corrected chi connectivity index (χ4v) is 2.64. The molecular formula is C15H27NO3. The number of rotatable bonds is 5. The first-order valence-electron chi connectivity index (χ1n) is 7.32. The lowest BCUT2D eigenvalue weighted by atomic mass is 9.82. The lowest BCUT2D eigenvalue weighted by molar-refractivity contribution is -0.146. The van der Waals surface area contributed by atoms with E-state index in [2.05, 4.69) is 12.2 Å². The van der Waals surface area contributed by atoms with Crippen LogP contribution in [0.1, 0.15) is 52.9 Å². The van der Waals surface area contributed by atoms with E-state index in [1.807, 2.05) is 13.8 Å². The van der Waals surface area contributed by atoms with E-state index in [9.17, 15) is 9.59 Å². The number of amides is 1. The van der Waals surface area contributed by atoms with Crippen LogP contribution in [0.15, 0.2) is 0 Å². The van der Waals surface area contributed by atoms with Crippen molar-refractivity contribution in [2.75, 3.05) is 7.11 Å². The number of methoxy groups -OCH3 is 1. The second-order valence-corrected chi connectivity index (χ2v) is 6.17. The summed E-state index contributed by atoms with van der Waals surface area (Å²) in [5, 5.41) is 2.87. The minimum Gasteiger partial charge on any atom is -0.467 e. The Bertz CT molecular complexity index is 307. The molecule has 0 radical (unpaired) electrons. The minimum absolute atomic E-state index is 0.0166. The van der Waals surface area contributed by atoms with Gasteiger partial charge >= 0.3 is 5.97 Å². The highest BCUT2D eigenvalue weighted by atomic mass is 16.5. The van der Waals surface area contributed by atoms with Gasteiger partial charge in [-0.05, 0) is 43.9 Å². The van der Waals surface area contributed by atoms with Gasteiger partial charge in [-0.3, -0.25) is 4.79 Å². The molecule has 1 saturated carbocycles. The van der Waals surface area contributed by atoms with Gasteiger partial charge in [0, 0.05) is 5.92 Å². The summed E-state index contributed by atoms with van der Waals surface area (Å²) >= 11 is 0. The van der Waals surface area contributed by atoms with Crippen LogP contribution in [0.25, 0.3) is 0 Å². The third kappa shape index (κ3) is 5.21. The monoisotopic (exact) mass is 269 g/mol. The van der Waals surface area contributed by atoms with Crippen LogP contribution in [0.5, 0.6) is 0 Å². The van der Waals surface area contributed by atoms with Crippen molar-refractivity contribution >= 4 is 11.9 Å². The fourth-order valence-electron chi connectivity index (χ4n) is 2.64. The smallest absolute Gasteiger partial charge is 0.328 e. The highest BCUT2D eigenvalue weighted by molar-refractivity contribution is 5.85. The number of nitrogens with one attached hydrogen (secondary N) is 1. The predicted molar refractivity (Wildman–Crippen MR) is 74.5 cm³/mol. The molecule has 0 heterocycles. The van der Waals surface area contributed by atoms with Gasteiger partial charge in [0.15, 0.2) is 0 Å². The summed E-state index contributed by atoms with van der Waals surface area (Å²) in [7, 11) is 1.37. The van der Waals surface area contributed by atoms with E-state index >= 15 is 0 Å². The van der Waals surface area contributed by atoms with Crippen molar-refractivity contribution in [1.29, 1.82) is 0 Å². The molecule has 0 bridgehead atoms. The summed E-state index contributed by atoms with van der Waals surface area (Å²) in [4.78, 5) is 23.9. The molecular weight excluding hydrogens is 242 g/mol. The molecule has 1 aliphatic carbocycles. The van der Waals surface area contributed by atoms with Crippen LogP contribution < -0.4 is 5.32 Å². The molecule has 0 aromatic rings. The average Bonchev–Trinajstić information content (AvgIpc) is 2.37. The number of hydrogen-bond acceptors (Lipinski definition) is 3. The van der Waals surface area contributed by atoms with Crippen molar-refractivity contribution in [2.24, 2.45) is 17.8 Å². The first kappa shape index (κ1) is 16.0. The molecule has 110 valence electrons. The van der Waals surface area contributed by atoms with E-state index in [-0.39, 0.29) is 17.8 Å². The minimum atomic E-state index is -0.503. The van der Waals surface area contributed by atoms with Gasteiger partial charge in [0.1, 0.15) is 6.04 Å². The van der Waals surface area contributed by atoms with Crippen molar-refractivity contribution in [1.82, 2.24) is 5.32 Å². The molecule has 1 aliphatic rings. The Hall–Kier alpha value is -1.06. The van der Waals surface area contributed by atoms with E-state index in [4.69, 9.17) is 4.74 Å². The SMILES string of the molecule is COC(=O)C(CC(C)C)NC(=O)C1CCC(C)CC1. The summed E-state index contributed by atoms with van der Waals surface area (Å²) in [6, 6.07) is -0.503. The van der Waals surface area contributed by atoms with E-state index in [0.717, 1.165) is 31.6 Å². The Morgan fingerprint density at radius 3 is 2.26 bits per heavy atom. The van der Waals surface area contributed by atoms with Crippen LogP contribution in [0.4, 0.5) is 0 Å². The van der Waals surface area contributed by atoms with Gasteiger partial charge < -0.3 is 10.1 Å². The van der Waals surface area contributed by atoms with Crippen LogP contribution in [0, 0.1) is 17.8 Å². The van der Waals surface area contributed by atoms with Crippen LogP contribution in [0.2, 0.25) is 0 Å².